The second kappa shape index (κ2) is 7.38. The summed E-state index contributed by atoms with van der Waals surface area (Å²) in [4.78, 5) is 16.7. The smallest absolute Gasteiger partial charge is 0.410 e. The van der Waals surface area contributed by atoms with Crippen LogP contribution in [0.2, 0.25) is 0 Å². The molecule has 4 atom stereocenters. The number of hydrogen-bond donors (Lipinski definition) is 2. The number of cyclic esters (lactones) is 1. The van der Waals surface area contributed by atoms with Gasteiger partial charge in [-0.3, -0.25) is 4.90 Å². The Hall–Kier alpha value is -1.50. The highest BCUT2D eigenvalue weighted by atomic mass is 16.6. The summed E-state index contributed by atoms with van der Waals surface area (Å²) in [6.07, 6.45) is 2.89. The molecular weight excluding hydrogens is 298 g/mol. The van der Waals surface area contributed by atoms with Crippen LogP contribution in [-0.2, 0) is 4.74 Å². The van der Waals surface area contributed by atoms with Crippen LogP contribution in [0.15, 0.2) is 5.11 Å². The average molecular weight is 325 g/mol. The molecule has 23 heavy (non-hydrogen) atoms. The largest absolute Gasteiger partial charge is 0.438 e. The second-order valence-corrected chi connectivity index (χ2v) is 6.69. The molecule has 1 amide bonds. The summed E-state index contributed by atoms with van der Waals surface area (Å²) < 4.78 is 5.58. The van der Waals surface area contributed by atoms with Crippen molar-refractivity contribution in [1.82, 2.24) is 4.90 Å². The van der Waals surface area contributed by atoms with Crippen molar-refractivity contribution in [3.63, 3.8) is 0 Å². The Morgan fingerprint density at radius 3 is 2.83 bits per heavy atom. The predicted molar refractivity (Wildman–Crippen MR) is 85.6 cm³/mol. The monoisotopic (exact) mass is 325 g/mol. The molecule has 0 bridgehead atoms. The first kappa shape index (κ1) is 17.8. The number of nitrogens with two attached hydrogens (primary N) is 1. The molecule has 2 fully saturated rings. The molecule has 1 heterocycles. The number of nitrogens with zero attached hydrogens (tertiary/aromatic N) is 4. The quantitative estimate of drug-likeness (QED) is 0.291. The van der Waals surface area contributed by atoms with Gasteiger partial charge in [0.15, 0.2) is 5.60 Å². The van der Waals surface area contributed by atoms with Crippen LogP contribution in [-0.4, -0.2) is 53.0 Å². The number of unbranched alkanes of at least 4 members (excludes halogenated alkanes) is 1. The molecule has 8 heteroatoms. The fraction of sp³-hybridized carbons (Fsp3) is 0.933. The van der Waals surface area contributed by atoms with E-state index in [2.05, 4.69) is 10.0 Å². The Bertz CT molecular complexity index is 478. The minimum atomic E-state index is -0.974. The van der Waals surface area contributed by atoms with E-state index >= 15 is 0 Å². The highest BCUT2D eigenvalue weighted by Crippen LogP contribution is 2.42. The van der Waals surface area contributed by atoms with E-state index in [9.17, 15) is 9.90 Å². The van der Waals surface area contributed by atoms with Crippen molar-refractivity contribution in [2.45, 2.75) is 69.7 Å². The lowest BCUT2D eigenvalue weighted by molar-refractivity contribution is -0.0667. The van der Waals surface area contributed by atoms with Gasteiger partial charge in [0.1, 0.15) is 0 Å². The molecule has 2 rings (SSSR count). The number of aliphatic hydroxyl groups excluding tert-OH is 1. The molecule has 1 aliphatic heterocycles. The van der Waals surface area contributed by atoms with E-state index in [0.717, 1.165) is 12.8 Å². The maximum atomic E-state index is 12.3. The van der Waals surface area contributed by atoms with Gasteiger partial charge >= 0.3 is 6.09 Å². The van der Waals surface area contributed by atoms with Crippen LogP contribution >= 0.6 is 0 Å². The number of ether oxygens (including phenoxy) is 1. The van der Waals surface area contributed by atoms with E-state index in [1.165, 1.54) is 0 Å². The number of rotatable bonds is 9. The van der Waals surface area contributed by atoms with Crippen molar-refractivity contribution < 1.29 is 14.6 Å². The topological polar surface area (TPSA) is 125 Å². The Labute approximate surface area is 136 Å². The van der Waals surface area contributed by atoms with Gasteiger partial charge < -0.3 is 15.6 Å². The summed E-state index contributed by atoms with van der Waals surface area (Å²) in [7, 11) is 0. The predicted octanol–water partition coefficient (Wildman–Crippen LogP) is 2.16. The van der Waals surface area contributed by atoms with Crippen molar-refractivity contribution >= 4 is 6.09 Å². The summed E-state index contributed by atoms with van der Waals surface area (Å²) in [5.41, 5.74) is 13.7. The van der Waals surface area contributed by atoms with Gasteiger partial charge in [-0.05, 0) is 50.5 Å². The fourth-order valence-electron chi connectivity index (χ4n) is 3.47. The summed E-state index contributed by atoms with van der Waals surface area (Å²) in [5.74, 6) is 0.392. The normalized spacial score (nSPS) is 29.8. The lowest BCUT2D eigenvalue weighted by atomic mass is 9.82. The van der Waals surface area contributed by atoms with Crippen LogP contribution in [0.5, 0.6) is 0 Å². The zero-order valence-corrected chi connectivity index (χ0v) is 13.9. The number of amides is 1. The van der Waals surface area contributed by atoms with Gasteiger partial charge in [0, 0.05) is 24.0 Å². The number of carbonyl (C=O) groups excluding carboxylic acids is 1. The van der Waals surface area contributed by atoms with Crippen molar-refractivity contribution in [2.75, 3.05) is 13.1 Å². The standard InChI is InChI=1S/C15H27N5O3/c1-3-11(21)15(2)13(12(16)10-6-7-10)20(14(22)23-15)9-5-4-8-18-19-17/h10-13,21H,3-9,16H2,1-2H3/t11-,12-,13-,15-/m1/s1. The first-order valence-corrected chi connectivity index (χ1v) is 8.39. The van der Waals surface area contributed by atoms with Crippen molar-refractivity contribution in [2.24, 2.45) is 16.8 Å². The van der Waals surface area contributed by atoms with Crippen LogP contribution < -0.4 is 5.73 Å². The molecule has 2 aliphatic rings. The minimum absolute atomic E-state index is 0.190. The van der Waals surface area contributed by atoms with Crippen molar-refractivity contribution in [1.29, 1.82) is 0 Å². The number of hydrogen-bond acceptors (Lipinski definition) is 5. The Kier molecular flexibility index (Phi) is 5.73. The van der Waals surface area contributed by atoms with E-state index in [1.807, 2.05) is 6.92 Å². The minimum Gasteiger partial charge on any atom is -0.438 e. The van der Waals surface area contributed by atoms with E-state index in [4.69, 9.17) is 16.0 Å². The van der Waals surface area contributed by atoms with Crippen molar-refractivity contribution in [3.05, 3.63) is 10.4 Å². The zero-order chi connectivity index (χ0) is 17.0. The SMILES string of the molecule is CC[C@@H](O)[C@@]1(C)OC(=O)N(CCCCN=[N+]=[N-])[C@@H]1[C@H](N)C1CC1. The second-order valence-electron chi connectivity index (χ2n) is 6.69. The molecule has 0 aromatic heterocycles. The molecule has 0 aromatic rings. The third kappa shape index (κ3) is 3.71. The molecule has 3 N–H and O–H groups in total. The number of azide groups is 1. The van der Waals surface area contributed by atoms with Crippen LogP contribution in [0.3, 0.4) is 0 Å². The van der Waals surface area contributed by atoms with E-state index in [0.29, 0.717) is 38.3 Å². The highest BCUT2D eigenvalue weighted by molar-refractivity contribution is 5.72. The molecule has 1 saturated heterocycles. The fourth-order valence-corrected chi connectivity index (χ4v) is 3.47. The highest BCUT2D eigenvalue weighted by Gasteiger charge is 2.58. The molecule has 1 aliphatic carbocycles. The van der Waals surface area contributed by atoms with E-state index in [-0.39, 0.29) is 12.1 Å². The zero-order valence-electron chi connectivity index (χ0n) is 13.9. The number of aliphatic hydroxyl groups is 1. The Morgan fingerprint density at radius 1 is 1.57 bits per heavy atom. The first-order chi connectivity index (χ1) is 11.0. The first-order valence-electron chi connectivity index (χ1n) is 8.39. The third-order valence-corrected chi connectivity index (χ3v) is 5.01. The van der Waals surface area contributed by atoms with Crippen molar-refractivity contribution in [3.8, 4) is 0 Å². The van der Waals surface area contributed by atoms with E-state index in [1.54, 1.807) is 11.8 Å². The molecular formula is C15H27N5O3. The van der Waals surface area contributed by atoms with Crippen LogP contribution in [0.25, 0.3) is 10.4 Å². The lowest BCUT2D eigenvalue weighted by Crippen LogP contribution is -2.60. The van der Waals surface area contributed by atoms with Gasteiger partial charge in [-0.15, -0.1) is 0 Å². The Morgan fingerprint density at radius 2 is 2.26 bits per heavy atom. The molecule has 8 nitrogen and oxygen atoms in total. The van der Waals surface area contributed by atoms with Gasteiger partial charge in [0.25, 0.3) is 0 Å². The summed E-state index contributed by atoms with van der Waals surface area (Å²) in [6, 6.07) is -0.512. The van der Waals surface area contributed by atoms with Gasteiger partial charge in [-0.1, -0.05) is 12.0 Å². The summed E-state index contributed by atoms with van der Waals surface area (Å²) >= 11 is 0. The lowest BCUT2D eigenvalue weighted by Gasteiger charge is -2.38. The summed E-state index contributed by atoms with van der Waals surface area (Å²) in [5, 5.41) is 13.9. The molecule has 130 valence electrons. The Balaban J connectivity index is 2.10. The van der Waals surface area contributed by atoms with Gasteiger partial charge in [0.2, 0.25) is 0 Å². The van der Waals surface area contributed by atoms with Crippen LogP contribution in [0, 0.1) is 5.92 Å². The van der Waals surface area contributed by atoms with Gasteiger partial charge in [0.05, 0.1) is 12.1 Å². The third-order valence-electron chi connectivity index (χ3n) is 5.01. The maximum absolute atomic E-state index is 12.3. The summed E-state index contributed by atoms with van der Waals surface area (Å²) in [6.45, 7) is 4.56. The van der Waals surface area contributed by atoms with Gasteiger partial charge in [-0.25, -0.2) is 4.79 Å². The van der Waals surface area contributed by atoms with Gasteiger partial charge in [-0.2, -0.15) is 0 Å². The molecule has 0 radical (unpaired) electrons. The van der Waals surface area contributed by atoms with Crippen LogP contribution in [0.4, 0.5) is 4.79 Å². The van der Waals surface area contributed by atoms with Crippen LogP contribution in [0.1, 0.15) is 46.0 Å². The number of carbonyl (C=O) groups is 1. The average Bonchev–Trinajstić information content (AvgIpc) is 3.33. The molecule has 1 saturated carbocycles. The molecule has 0 unspecified atom stereocenters. The molecule has 0 aromatic carbocycles. The van der Waals surface area contributed by atoms with E-state index < -0.39 is 17.8 Å². The maximum Gasteiger partial charge on any atom is 0.410 e. The molecule has 0 spiro atoms.